The van der Waals surface area contributed by atoms with Crippen LogP contribution in [0.4, 0.5) is 0 Å². The van der Waals surface area contributed by atoms with E-state index in [-0.39, 0.29) is 11.8 Å². The largest absolute Gasteiger partial charge is 0.494 e. The number of hydrogen-bond acceptors (Lipinski definition) is 3. The van der Waals surface area contributed by atoms with Crippen LogP contribution in [0, 0.1) is 0 Å². The fraction of sp³-hybridized carbons (Fsp3) is 0.350. The molecule has 0 saturated heterocycles. The summed E-state index contributed by atoms with van der Waals surface area (Å²) in [5, 5.41) is 12.7. The van der Waals surface area contributed by atoms with Crippen LogP contribution in [0.5, 0.6) is 5.75 Å². The number of amides is 1. The highest BCUT2D eigenvalue weighted by atomic mass is 16.5. The van der Waals surface area contributed by atoms with Crippen molar-refractivity contribution in [3.8, 4) is 5.75 Å². The summed E-state index contributed by atoms with van der Waals surface area (Å²) in [6.07, 6.45) is 0.178. The van der Waals surface area contributed by atoms with E-state index in [0.29, 0.717) is 30.9 Å². The number of ether oxygens (including phenoxy) is 1. The van der Waals surface area contributed by atoms with Crippen molar-refractivity contribution in [2.75, 3.05) is 13.2 Å². The third-order valence-corrected chi connectivity index (χ3v) is 3.81. The molecule has 0 bridgehead atoms. The van der Waals surface area contributed by atoms with Gasteiger partial charge in [-0.2, -0.15) is 0 Å². The normalized spacial score (nSPS) is 13.1. The molecule has 0 aliphatic carbocycles. The molecule has 0 aliphatic heterocycles. The van der Waals surface area contributed by atoms with E-state index >= 15 is 0 Å². The molecule has 0 radical (unpaired) electrons. The first kappa shape index (κ1) is 18.0. The van der Waals surface area contributed by atoms with Gasteiger partial charge in [0.15, 0.2) is 0 Å². The summed E-state index contributed by atoms with van der Waals surface area (Å²) >= 11 is 0. The smallest absolute Gasteiger partial charge is 0.251 e. The third kappa shape index (κ3) is 5.39. The van der Waals surface area contributed by atoms with Crippen molar-refractivity contribution >= 4 is 5.91 Å². The van der Waals surface area contributed by atoms with Crippen LogP contribution in [0.25, 0.3) is 0 Å². The van der Waals surface area contributed by atoms with Crippen molar-refractivity contribution in [1.29, 1.82) is 0 Å². The van der Waals surface area contributed by atoms with Gasteiger partial charge in [-0.25, -0.2) is 0 Å². The average Bonchev–Trinajstić information content (AvgIpc) is 2.59. The van der Waals surface area contributed by atoms with E-state index in [4.69, 9.17) is 4.74 Å². The van der Waals surface area contributed by atoms with Crippen LogP contribution in [0.2, 0.25) is 0 Å². The molecule has 4 nitrogen and oxygen atoms in total. The van der Waals surface area contributed by atoms with E-state index in [1.165, 1.54) is 0 Å². The van der Waals surface area contributed by atoms with Gasteiger partial charge in [0.25, 0.3) is 5.91 Å². The molecule has 2 atom stereocenters. The molecule has 0 fully saturated rings. The van der Waals surface area contributed by atoms with Crippen LogP contribution < -0.4 is 10.1 Å². The Kier molecular flexibility index (Phi) is 6.82. The predicted molar refractivity (Wildman–Crippen MR) is 95.4 cm³/mol. The third-order valence-electron chi connectivity index (χ3n) is 3.81. The molecule has 1 amide bonds. The monoisotopic (exact) mass is 327 g/mol. The molecular weight excluding hydrogens is 302 g/mol. The van der Waals surface area contributed by atoms with Crippen LogP contribution in [0.15, 0.2) is 54.6 Å². The zero-order valence-electron chi connectivity index (χ0n) is 14.2. The molecule has 2 aromatic carbocycles. The molecule has 128 valence electrons. The maximum Gasteiger partial charge on any atom is 0.251 e. The average molecular weight is 327 g/mol. The summed E-state index contributed by atoms with van der Waals surface area (Å²) in [6, 6.07) is 17.1. The number of nitrogens with one attached hydrogen (secondary N) is 1. The molecule has 2 aromatic rings. The fourth-order valence-corrected chi connectivity index (χ4v) is 2.69. The van der Waals surface area contributed by atoms with E-state index < -0.39 is 6.10 Å². The molecule has 24 heavy (non-hydrogen) atoms. The number of rotatable bonds is 8. The van der Waals surface area contributed by atoms with Gasteiger partial charge in [-0.15, -0.1) is 0 Å². The van der Waals surface area contributed by atoms with Crippen LogP contribution in [0.1, 0.15) is 42.1 Å². The van der Waals surface area contributed by atoms with E-state index in [1.807, 2.05) is 49.4 Å². The van der Waals surface area contributed by atoms with E-state index in [2.05, 4.69) is 5.32 Å². The molecule has 2 N–H and O–H groups in total. The lowest BCUT2D eigenvalue weighted by Gasteiger charge is -2.19. The second-order valence-corrected chi connectivity index (χ2v) is 5.86. The quantitative estimate of drug-likeness (QED) is 0.781. The Morgan fingerprint density at radius 3 is 2.58 bits per heavy atom. The lowest BCUT2D eigenvalue weighted by Crippen LogP contribution is -2.29. The van der Waals surface area contributed by atoms with E-state index in [1.54, 1.807) is 19.1 Å². The highest BCUT2D eigenvalue weighted by Crippen LogP contribution is 2.21. The first-order valence-corrected chi connectivity index (χ1v) is 8.34. The van der Waals surface area contributed by atoms with Gasteiger partial charge in [-0.1, -0.05) is 36.4 Å². The lowest BCUT2D eigenvalue weighted by atomic mass is 9.93. The molecule has 0 spiro atoms. The summed E-state index contributed by atoms with van der Waals surface area (Å²) in [5.41, 5.74) is 1.69. The Labute approximate surface area is 143 Å². The Hall–Kier alpha value is -2.33. The zero-order chi connectivity index (χ0) is 17.4. The van der Waals surface area contributed by atoms with E-state index in [0.717, 1.165) is 5.56 Å². The van der Waals surface area contributed by atoms with Crippen LogP contribution in [0.3, 0.4) is 0 Å². The van der Waals surface area contributed by atoms with Gasteiger partial charge in [0.1, 0.15) is 5.75 Å². The van der Waals surface area contributed by atoms with Crippen LogP contribution in [-0.2, 0) is 0 Å². The second-order valence-electron chi connectivity index (χ2n) is 5.86. The van der Waals surface area contributed by atoms with Crippen molar-refractivity contribution in [3.63, 3.8) is 0 Å². The number of hydrogen-bond donors (Lipinski definition) is 2. The van der Waals surface area contributed by atoms with Gasteiger partial charge in [0.2, 0.25) is 0 Å². The Bertz CT molecular complexity index is 640. The first-order valence-electron chi connectivity index (χ1n) is 8.34. The van der Waals surface area contributed by atoms with Crippen molar-refractivity contribution in [2.45, 2.75) is 32.3 Å². The minimum atomic E-state index is -0.423. The van der Waals surface area contributed by atoms with Crippen molar-refractivity contribution < 1.29 is 14.6 Å². The summed E-state index contributed by atoms with van der Waals surface area (Å²) in [7, 11) is 0. The van der Waals surface area contributed by atoms with Crippen LogP contribution >= 0.6 is 0 Å². The minimum absolute atomic E-state index is 0.0743. The molecule has 0 aromatic heterocycles. The fourth-order valence-electron chi connectivity index (χ4n) is 2.69. The first-order chi connectivity index (χ1) is 11.6. The Morgan fingerprint density at radius 2 is 1.92 bits per heavy atom. The molecule has 4 heteroatoms. The van der Waals surface area contributed by atoms with Crippen molar-refractivity contribution in [3.05, 3.63) is 65.7 Å². The van der Waals surface area contributed by atoms with Gasteiger partial charge >= 0.3 is 0 Å². The number of aliphatic hydroxyl groups excluding tert-OH is 1. The van der Waals surface area contributed by atoms with Gasteiger partial charge in [0.05, 0.1) is 12.7 Å². The molecular formula is C20H25NO3. The summed E-state index contributed by atoms with van der Waals surface area (Å²) < 4.78 is 5.43. The van der Waals surface area contributed by atoms with Gasteiger partial charge in [0, 0.05) is 18.0 Å². The lowest BCUT2D eigenvalue weighted by molar-refractivity contribution is 0.0945. The molecule has 2 unspecified atom stereocenters. The Morgan fingerprint density at radius 1 is 1.17 bits per heavy atom. The highest BCUT2D eigenvalue weighted by Gasteiger charge is 2.16. The summed E-state index contributed by atoms with van der Waals surface area (Å²) in [5.74, 6) is 0.627. The molecule has 0 aliphatic rings. The van der Waals surface area contributed by atoms with Gasteiger partial charge in [-0.05, 0) is 44.0 Å². The minimum Gasteiger partial charge on any atom is -0.494 e. The zero-order valence-corrected chi connectivity index (χ0v) is 14.2. The highest BCUT2D eigenvalue weighted by molar-refractivity contribution is 5.94. The van der Waals surface area contributed by atoms with Crippen LogP contribution in [-0.4, -0.2) is 30.3 Å². The molecule has 0 saturated carbocycles. The number of carbonyl (C=O) groups is 1. The maximum atomic E-state index is 12.4. The predicted octanol–water partition coefficient (Wildman–Crippen LogP) is 3.37. The topological polar surface area (TPSA) is 58.6 Å². The Balaban J connectivity index is 2.03. The summed E-state index contributed by atoms with van der Waals surface area (Å²) in [4.78, 5) is 12.4. The second kappa shape index (κ2) is 9.08. The van der Waals surface area contributed by atoms with Gasteiger partial charge < -0.3 is 15.2 Å². The van der Waals surface area contributed by atoms with E-state index in [9.17, 15) is 9.90 Å². The summed E-state index contributed by atoms with van der Waals surface area (Å²) in [6.45, 7) is 4.72. The van der Waals surface area contributed by atoms with Crippen molar-refractivity contribution in [1.82, 2.24) is 5.32 Å². The maximum absolute atomic E-state index is 12.4. The number of aliphatic hydroxyl groups is 1. The standard InChI is InChI=1S/C20H25NO3/c1-3-24-19-11-7-10-17(13-19)20(23)21-14-18(12-15(2)22)16-8-5-4-6-9-16/h4-11,13,15,18,22H,3,12,14H2,1-2H3,(H,21,23). The van der Waals surface area contributed by atoms with Crippen molar-refractivity contribution in [2.24, 2.45) is 0 Å². The molecule has 2 rings (SSSR count). The number of benzene rings is 2. The van der Waals surface area contributed by atoms with Gasteiger partial charge in [-0.3, -0.25) is 4.79 Å². The number of carbonyl (C=O) groups excluding carboxylic acids is 1. The molecule has 0 heterocycles. The SMILES string of the molecule is CCOc1cccc(C(=O)NCC(CC(C)O)c2ccccc2)c1.